The average molecular weight is 439 g/mol. The number of rotatable bonds is 8. The highest BCUT2D eigenvalue weighted by atomic mass is 31.2. The first-order valence-corrected chi connectivity index (χ1v) is 11.5. The molecule has 1 aliphatic carbocycles. The first-order chi connectivity index (χ1) is 15.0. The van der Waals surface area contributed by atoms with E-state index in [2.05, 4.69) is 16.4 Å². The predicted octanol–water partition coefficient (Wildman–Crippen LogP) is 5.37. The van der Waals surface area contributed by atoms with E-state index in [1.54, 1.807) is 26.0 Å². The summed E-state index contributed by atoms with van der Waals surface area (Å²) in [5.41, 5.74) is 3.53. The van der Waals surface area contributed by atoms with Crippen molar-refractivity contribution in [1.82, 2.24) is 5.20 Å². The van der Waals surface area contributed by atoms with E-state index >= 15 is 0 Å². The van der Waals surface area contributed by atoms with Gasteiger partial charge in [0.25, 0.3) is 5.69 Å². The van der Waals surface area contributed by atoms with Gasteiger partial charge in [0.15, 0.2) is 0 Å². The Hall–Kier alpha value is -3.06. The number of nitrogens with one attached hydrogen (secondary N) is 1. The van der Waals surface area contributed by atoms with Gasteiger partial charge in [-0.2, -0.15) is 5.10 Å². The van der Waals surface area contributed by atoms with E-state index in [-0.39, 0.29) is 24.8 Å². The molecule has 160 valence electrons. The second-order valence-electron chi connectivity index (χ2n) is 7.00. The van der Waals surface area contributed by atoms with Crippen LogP contribution in [0.2, 0.25) is 0 Å². The summed E-state index contributed by atoms with van der Waals surface area (Å²) in [5.74, 6) is -0.218. The van der Waals surface area contributed by atoms with E-state index in [1.807, 2.05) is 30.3 Å². The van der Waals surface area contributed by atoms with E-state index in [0.29, 0.717) is 5.71 Å². The molecule has 3 aromatic carbocycles. The number of nitro benzene ring substituents is 1. The number of nitrogens with zero attached hydrogens (tertiary/aromatic N) is 2. The molecule has 31 heavy (non-hydrogen) atoms. The number of fused-ring (bicyclic) bond motifs is 2. The van der Waals surface area contributed by atoms with Crippen LogP contribution in [0, 0.1) is 10.1 Å². The van der Waals surface area contributed by atoms with Gasteiger partial charge in [0.1, 0.15) is 0 Å². The maximum absolute atomic E-state index is 12.8. The largest absolute Gasteiger partial charge is 0.448 e. The number of nitro groups is 1. The van der Waals surface area contributed by atoms with Crippen molar-refractivity contribution >= 4 is 29.9 Å². The van der Waals surface area contributed by atoms with E-state index in [4.69, 9.17) is 9.05 Å². The van der Waals surface area contributed by atoms with Crippen LogP contribution >= 0.6 is 7.75 Å². The second kappa shape index (κ2) is 8.59. The molecule has 0 radical (unpaired) electrons. The Morgan fingerprint density at radius 1 is 1.03 bits per heavy atom. The fourth-order valence-electron chi connectivity index (χ4n) is 3.74. The minimum Gasteiger partial charge on any atom is -0.292 e. The van der Waals surface area contributed by atoms with Crippen molar-refractivity contribution in [3.63, 3.8) is 0 Å². The van der Waals surface area contributed by atoms with Gasteiger partial charge in [-0.05, 0) is 47.9 Å². The number of non-ortho nitro benzene ring substituents is 1. The molecule has 0 spiro atoms. The number of hydrazone groups is 1. The molecule has 1 aliphatic rings. The molecule has 0 aromatic heterocycles. The van der Waals surface area contributed by atoms with Crippen LogP contribution in [0.15, 0.2) is 65.8 Å². The first kappa shape index (κ1) is 21.2. The van der Waals surface area contributed by atoms with Gasteiger partial charge in [-0.1, -0.05) is 36.4 Å². The Morgan fingerprint density at radius 2 is 1.65 bits per heavy atom. The molecule has 8 nitrogen and oxygen atoms in total. The Morgan fingerprint density at radius 3 is 2.23 bits per heavy atom. The van der Waals surface area contributed by atoms with Crippen LogP contribution in [0.3, 0.4) is 0 Å². The normalized spacial score (nSPS) is 16.7. The lowest BCUT2D eigenvalue weighted by Crippen LogP contribution is -2.30. The average Bonchev–Trinajstić information content (AvgIpc) is 2.75. The summed E-state index contributed by atoms with van der Waals surface area (Å²) in [6.07, 6.45) is 0. The Kier molecular flexibility index (Phi) is 5.87. The van der Waals surface area contributed by atoms with Gasteiger partial charge in [-0.3, -0.25) is 19.2 Å². The van der Waals surface area contributed by atoms with Gasteiger partial charge >= 0.3 is 7.75 Å². The van der Waals surface area contributed by atoms with Crippen LogP contribution in [0.4, 0.5) is 5.69 Å². The fraction of sp³-hybridized carbons (Fsp3) is 0.227. The molecule has 1 N–H and O–H groups in total. The van der Waals surface area contributed by atoms with Gasteiger partial charge in [0, 0.05) is 17.7 Å². The van der Waals surface area contributed by atoms with Crippen molar-refractivity contribution in [3.05, 3.63) is 87.5 Å². The number of hydrogen-bond donors (Lipinski definition) is 1. The van der Waals surface area contributed by atoms with Gasteiger partial charge in [0.05, 0.1) is 29.8 Å². The Labute approximate surface area is 179 Å². The first-order valence-electron chi connectivity index (χ1n) is 9.97. The van der Waals surface area contributed by atoms with Crippen molar-refractivity contribution in [2.24, 2.45) is 5.10 Å². The van der Waals surface area contributed by atoms with Crippen LogP contribution in [-0.4, -0.2) is 23.8 Å². The smallest absolute Gasteiger partial charge is 0.292 e. The number of benzene rings is 3. The third-order valence-electron chi connectivity index (χ3n) is 5.11. The molecule has 1 atom stereocenters. The summed E-state index contributed by atoms with van der Waals surface area (Å²) in [6.45, 7) is 3.88. The molecule has 9 heteroatoms. The van der Waals surface area contributed by atoms with E-state index in [1.165, 1.54) is 12.1 Å². The standard InChI is InChI=1S/C22H22N3O5P/c1-3-29-31(28,30-4-2)24-23-22-20-14-17-8-6-5-7-16(17)13-19(20)21(22)15-9-11-18(12-10-15)25(26)27/h5-14,21H,3-4H2,1-2H3,(H,24,28)/b23-22+. The lowest BCUT2D eigenvalue weighted by atomic mass is 9.71. The van der Waals surface area contributed by atoms with E-state index in [9.17, 15) is 14.7 Å². The molecule has 0 amide bonds. The van der Waals surface area contributed by atoms with Crippen molar-refractivity contribution in [3.8, 4) is 0 Å². The third-order valence-corrected chi connectivity index (χ3v) is 6.65. The van der Waals surface area contributed by atoms with Gasteiger partial charge in [-0.15, -0.1) is 0 Å². The molecular formula is C22H22N3O5P. The van der Waals surface area contributed by atoms with Gasteiger partial charge in [0.2, 0.25) is 0 Å². The van der Waals surface area contributed by atoms with E-state index < -0.39 is 12.7 Å². The van der Waals surface area contributed by atoms with Crippen LogP contribution in [0.1, 0.15) is 36.5 Å². The summed E-state index contributed by atoms with van der Waals surface area (Å²) < 4.78 is 23.3. The molecule has 0 heterocycles. The zero-order valence-corrected chi connectivity index (χ0v) is 18.0. The van der Waals surface area contributed by atoms with Crippen molar-refractivity contribution in [2.45, 2.75) is 19.8 Å². The molecule has 1 unspecified atom stereocenters. The molecule has 4 rings (SSSR count). The topological polar surface area (TPSA) is 103 Å². The van der Waals surface area contributed by atoms with Crippen molar-refractivity contribution in [1.29, 1.82) is 0 Å². The summed E-state index contributed by atoms with van der Waals surface area (Å²) in [7, 11) is -3.58. The maximum Gasteiger partial charge on any atom is 0.448 e. The summed E-state index contributed by atoms with van der Waals surface area (Å²) in [4.78, 5) is 10.6. The SMILES string of the molecule is CCOP(=O)(N/N=C1\c2cc3ccccc3cc2C1c1ccc([N+](=O)[O-])cc1)OCC. The van der Waals surface area contributed by atoms with Crippen molar-refractivity contribution in [2.75, 3.05) is 13.2 Å². The molecule has 0 saturated carbocycles. The lowest BCUT2D eigenvalue weighted by Gasteiger charge is -2.33. The molecule has 0 bridgehead atoms. The van der Waals surface area contributed by atoms with Gasteiger partial charge < -0.3 is 0 Å². The highest BCUT2D eigenvalue weighted by Crippen LogP contribution is 2.46. The van der Waals surface area contributed by atoms with Crippen LogP contribution < -0.4 is 5.20 Å². The van der Waals surface area contributed by atoms with Gasteiger partial charge in [-0.25, -0.2) is 9.76 Å². The van der Waals surface area contributed by atoms with Crippen LogP contribution in [0.25, 0.3) is 10.8 Å². The highest BCUT2D eigenvalue weighted by molar-refractivity contribution is 7.51. The Balaban J connectivity index is 1.77. The highest BCUT2D eigenvalue weighted by Gasteiger charge is 2.37. The second-order valence-corrected chi connectivity index (χ2v) is 8.71. The quantitative estimate of drug-likeness (QED) is 0.288. The minimum atomic E-state index is -3.58. The fourth-order valence-corrected chi connectivity index (χ4v) is 4.84. The lowest BCUT2D eigenvalue weighted by molar-refractivity contribution is -0.384. The number of hydrogen-bond acceptors (Lipinski definition) is 6. The zero-order valence-electron chi connectivity index (χ0n) is 17.1. The van der Waals surface area contributed by atoms with Crippen LogP contribution in [-0.2, 0) is 13.6 Å². The molecule has 0 saturated heterocycles. The van der Waals surface area contributed by atoms with E-state index in [0.717, 1.165) is 27.5 Å². The predicted molar refractivity (Wildman–Crippen MR) is 119 cm³/mol. The molecule has 3 aromatic rings. The molecule has 0 aliphatic heterocycles. The minimum absolute atomic E-state index is 0.0237. The summed E-state index contributed by atoms with van der Waals surface area (Å²) >= 11 is 0. The maximum atomic E-state index is 12.8. The monoisotopic (exact) mass is 439 g/mol. The Bertz CT molecular complexity index is 1200. The summed E-state index contributed by atoms with van der Waals surface area (Å²) in [6, 6.07) is 18.5. The summed E-state index contributed by atoms with van der Waals surface area (Å²) in [5, 5.41) is 20.2. The van der Waals surface area contributed by atoms with Crippen LogP contribution in [0.5, 0.6) is 0 Å². The van der Waals surface area contributed by atoms with Crippen molar-refractivity contribution < 1.29 is 18.5 Å². The molecular weight excluding hydrogens is 417 g/mol. The zero-order chi connectivity index (χ0) is 22.0. The molecule has 0 fully saturated rings. The third kappa shape index (κ3) is 4.10.